The molecule has 0 aliphatic rings. The number of amides is 2. The van der Waals surface area contributed by atoms with Crippen LogP contribution in [0, 0.1) is 0 Å². The predicted molar refractivity (Wildman–Crippen MR) is 76.0 cm³/mol. The van der Waals surface area contributed by atoms with Gasteiger partial charge >= 0.3 is 12.2 Å². The number of unbranched alkanes of at least 4 members (excludes halogenated alkanes) is 1. The van der Waals surface area contributed by atoms with Gasteiger partial charge in [-0.2, -0.15) is 13.2 Å². The van der Waals surface area contributed by atoms with Crippen molar-refractivity contribution in [1.82, 2.24) is 5.32 Å². The van der Waals surface area contributed by atoms with Crippen LogP contribution >= 0.6 is 0 Å². The van der Waals surface area contributed by atoms with Gasteiger partial charge in [0.2, 0.25) is 0 Å². The molecule has 0 aliphatic heterocycles. The standard InChI is InChI=1S/C14H20F3N3O/c1-2-3-6-12(9-18)20-13(21)19-11-7-4-5-10(8-11)14(15,16)17/h4-5,7-8,12H,2-3,6,9,18H2,1H3,(H2,19,20,21). The first-order valence-corrected chi connectivity index (χ1v) is 6.81. The third-order valence-electron chi connectivity index (χ3n) is 2.97. The van der Waals surface area contributed by atoms with Gasteiger partial charge in [-0.25, -0.2) is 4.79 Å². The topological polar surface area (TPSA) is 67.1 Å². The van der Waals surface area contributed by atoms with Crippen LogP contribution in [0.1, 0.15) is 31.7 Å². The summed E-state index contributed by atoms with van der Waals surface area (Å²) < 4.78 is 37.7. The molecule has 0 aromatic heterocycles. The van der Waals surface area contributed by atoms with Gasteiger partial charge in [-0.05, 0) is 24.6 Å². The van der Waals surface area contributed by atoms with E-state index in [-0.39, 0.29) is 18.3 Å². The van der Waals surface area contributed by atoms with Crippen LogP contribution in [0.3, 0.4) is 0 Å². The summed E-state index contributed by atoms with van der Waals surface area (Å²) in [5.74, 6) is 0. The fraction of sp³-hybridized carbons (Fsp3) is 0.500. The minimum atomic E-state index is -4.44. The van der Waals surface area contributed by atoms with E-state index in [2.05, 4.69) is 10.6 Å². The van der Waals surface area contributed by atoms with Crippen molar-refractivity contribution in [2.45, 2.75) is 38.4 Å². The van der Waals surface area contributed by atoms with Gasteiger partial charge in [-0.3, -0.25) is 0 Å². The number of urea groups is 1. The van der Waals surface area contributed by atoms with E-state index in [1.807, 2.05) is 6.92 Å². The highest BCUT2D eigenvalue weighted by molar-refractivity contribution is 5.89. The van der Waals surface area contributed by atoms with Crippen molar-refractivity contribution >= 4 is 11.7 Å². The molecule has 0 saturated heterocycles. The number of hydrogen-bond donors (Lipinski definition) is 3. The lowest BCUT2D eigenvalue weighted by atomic mass is 10.1. The Morgan fingerprint density at radius 2 is 2.10 bits per heavy atom. The second kappa shape index (κ2) is 7.87. The molecule has 4 N–H and O–H groups in total. The quantitative estimate of drug-likeness (QED) is 0.754. The number of rotatable bonds is 6. The first kappa shape index (κ1) is 17.3. The van der Waals surface area contributed by atoms with Crippen molar-refractivity contribution in [3.63, 3.8) is 0 Å². The fourth-order valence-corrected chi connectivity index (χ4v) is 1.83. The Kier molecular flexibility index (Phi) is 6.48. The second-order valence-electron chi connectivity index (χ2n) is 4.75. The summed E-state index contributed by atoms with van der Waals surface area (Å²) in [7, 11) is 0. The number of carbonyl (C=O) groups is 1. The van der Waals surface area contributed by atoms with Gasteiger partial charge < -0.3 is 16.4 Å². The molecular weight excluding hydrogens is 283 g/mol. The van der Waals surface area contributed by atoms with Crippen LogP contribution in [0.5, 0.6) is 0 Å². The molecule has 1 rings (SSSR count). The summed E-state index contributed by atoms with van der Waals surface area (Å²) >= 11 is 0. The molecule has 0 radical (unpaired) electrons. The normalized spacial score (nSPS) is 12.8. The zero-order valence-corrected chi connectivity index (χ0v) is 11.8. The highest BCUT2D eigenvalue weighted by Gasteiger charge is 2.30. The first-order chi connectivity index (χ1) is 9.86. The van der Waals surface area contributed by atoms with Gasteiger partial charge in [-0.1, -0.05) is 25.8 Å². The molecule has 7 heteroatoms. The number of hydrogen-bond acceptors (Lipinski definition) is 2. The summed E-state index contributed by atoms with van der Waals surface area (Å²) in [5.41, 5.74) is 4.83. The van der Waals surface area contributed by atoms with Crippen molar-refractivity contribution < 1.29 is 18.0 Å². The van der Waals surface area contributed by atoms with Crippen LogP contribution in [0.2, 0.25) is 0 Å². The van der Waals surface area contributed by atoms with Crippen molar-refractivity contribution in [3.8, 4) is 0 Å². The molecule has 1 aromatic rings. The summed E-state index contributed by atoms with van der Waals surface area (Å²) in [6.07, 6.45) is -1.79. The minimum Gasteiger partial charge on any atom is -0.334 e. The molecule has 118 valence electrons. The Bertz CT molecular complexity index is 463. The van der Waals surface area contributed by atoms with E-state index in [1.54, 1.807) is 0 Å². The number of halogens is 3. The Morgan fingerprint density at radius 1 is 1.38 bits per heavy atom. The molecule has 0 heterocycles. The monoisotopic (exact) mass is 303 g/mol. The Labute approximate surface area is 121 Å². The number of nitrogens with one attached hydrogen (secondary N) is 2. The smallest absolute Gasteiger partial charge is 0.334 e. The summed E-state index contributed by atoms with van der Waals surface area (Å²) in [6.45, 7) is 2.31. The van der Waals surface area contributed by atoms with Crippen LogP contribution in [0.4, 0.5) is 23.7 Å². The average Bonchev–Trinajstić information content (AvgIpc) is 2.42. The maximum absolute atomic E-state index is 12.6. The van der Waals surface area contributed by atoms with Gasteiger partial charge in [0.15, 0.2) is 0 Å². The zero-order valence-electron chi connectivity index (χ0n) is 11.8. The third-order valence-corrected chi connectivity index (χ3v) is 2.97. The number of carbonyl (C=O) groups excluding carboxylic acids is 1. The molecule has 0 bridgehead atoms. The molecule has 1 aromatic carbocycles. The van der Waals surface area contributed by atoms with E-state index in [0.717, 1.165) is 31.4 Å². The molecule has 0 spiro atoms. The molecular formula is C14H20F3N3O. The van der Waals surface area contributed by atoms with E-state index in [0.29, 0.717) is 0 Å². The van der Waals surface area contributed by atoms with E-state index in [9.17, 15) is 18.0 Å². The lowest BCUT2D eigenvalue weighted by molar-refractivity contribution is -0.137. The second-order valence-corrected chi connectivity index (χ2v) is 4.75. The van der Waals surface area contributed by atoms with Gasteiger partial charge in [0.05, 0.1) is 5.56 Å². The Morgan fingerprint density at radius 3 is 2.67 bits per heavy atom. The fourth-order valence-electron chi connectivity index (χ4n) is 1.83. The summed E-state index contributed by atoms with van der Waals surface area (Å²) in [4.78, 5) is 11.7. The molecule has 0 aliphatic carbocycles. The van der Waals surface area contributed by atoms with Crippen LogP contribution in [0.15, 0.2) is 24.3 Å². The van der Waals surface area contributed by atoms with Gasteiger partial charge in [0, 0.05) is 18.3 Å². The lowest BCUT2D eigenvalue weighted by Crippen LogP contribution is -2.42. The van der Waals surface area contributed by atoms with Crippen LogP contribution < -0.4 is 16.4 Å². The number of nitrogens with two attached hydrogens (primary N) is 1. The van der Waals surface area contributed by atoms with Crippen molar-refractivity contribution in [1.29, 1.82) is 0 Å². The van der Waals surface area contributed by atoms with Crippen LogP contribution in [0.25, 0.3) is 0 Å². The lowest BCUT2D eigenvalue weighted by Gasteiger charge is -2.17. The maximum atomic E-state index is 12.6. The molecule has 1 unspecified atom stereocenters. The summed E-state index contributed by atoms with van der Waals surface area (Å²) in [6, 6.07) is 3.75. The highest BCUT2D eigenvalue weighted by Crippen LogP contribution is 2.30. The largest absolute Gasteiger partial charge is 0.416 e. The van der Waals surface area contributed by atoms with Crippen molar-refractivity contribution in [2.24, 2.45) is 5.73 Å². The van der Waals surface area contributed by atoms with Crippen LogP contribution in [-0.4, -0.2) is 18.6 Å². The number of alkyl halides is 3. The molecule has 2 amide bonds. The predicted octanol–water partition coefficient (Wildman–Crippen LogP) is 3.34. The Balaban J connectivity index is 2.62. The molecule has 21 heavy (non-hydrogen) atoms. The SMILES string of the molecule is CCCCC(CN)NC(=O)Nc1cccc(C(F)(F)F)c1. The molecule has 1 atom stereocenters. The van der Waals surface area contributed by atoms with E-state index >= 15 is 0 Å². The summed E-state index contributed by atoms with van der Waals surface area (Å²) in [5, 5.41) is 5.04. The number of anilines is 1. The zero-order chi connectivity index (χ0) is 15.9. The van der Waals surface area contributed by atoms with Gasteiger partial charge in [0.25, 0.3) is 0 Å². The van der Waals surface area contributed by atoms with E-state index in [1.165, 1.54) is 12.1 Å². The maximum Gasteiger partial charge on any atom is 0.416 e. The third kappa shape index (κ3) is 6.03. The van der Waals surface area contributed by atoms with Gasteiger partial charge in [0.1, 0.15) is 0 Å². The van der Waals surface area contributed by atoms with Crippen molar-refractivity contribution in [3.05, 3.63) is 29.8 Å². The van der Waals surface area contributed by atoms with Gasteiger partial charge in [-0.15, -0.1) is 0 Å². The number of benzene rings is 1. The molecule has 0 fully saturated rings. The van der Waals surface area contributed by atoms with Crippen LogP contribution in [-0.2, 0) is 6.18 Å². The molecule has 0 saturated carbocycles. The minimum absolute atomic E-state index is 0.0913. The Hall–Kier alpha value is -1.76. The highest BCUT2D eigenvalue weighted by atomic mass is 19.4. The van der Waals surface area contributed by atoms with E-state index < -0.39 is 17.8 Å². The van der Waals surface area contributed by atoms with E-state index in [4.69, 9.17) is 5.73 Å². The van der Waals surface area contributed by atoms with Crippen molar-refractivity contribution in [2.75, 3.05) is 11.9 Å². The average molecular weight is 303 g/mol. The first-order valence-electron chi connectivity index (χ1n) is 6.81. The molecule has 4 nitrogen and oxygen atoms in total.